The molecule has 1 atom stereocenters. The first-order valence-corrected chi connectivity index (χ1v) is 7.84. The lowest BCUT2D eigenvalue weighted by atomic mass is 9.90. The van der Waals surface area contributed by atoms with Crippen LogP contribution in [0.4, 0.5) is 0 Å². The first-order valence-electron chi connectivity index (χ1n) is 7.05. The largest absolute Gasteiger partial charge is 0.330 e. The number of benzene rings is 1. The van der Waals surface area contributed by atoms with E-state index in [4.69, 9.17) is 5.73 Å². The number of nitrogens with zero attached hydrogens (tertiary/aromatic N) is 2. The van der Waals surface area contributed by atoms with Gasteiger partial charge in [0.1, 0.15) is 0 Å². The number of rotatable bonds is 3. The molecular formula is C16H20BrN3. The van der Waals surface area contributed by atoms with Crippen molar-refractivity contribution in [3.63, 3.8) is 0 Å². The number of hydrogen-bond acceptors (Lipinski definition) is 3. The molecule has 2 N–H and O–H groups in total. The average molecular weight is 334 g/mol. The fourth-order valence-electron chi connectivity index (χ4n) is 3.02. The summed E-state index contributed by atoms with van der Waals surface area (Å²) in [5.74, 6) is 0. The Bertz CT molecular complexity index is 628. The number of nitrogens with two attached hydrogens (primary N) is 1. The van der Waals surface area contributed by atoms with Gasteiger partial charge in [-0.3, -0.25) is 9.88 Å². The van der Waals surface area contributed by atoms with Gasteiger partial charge in [-0.05, 0) is 48.7 Å². The molecule has 1 aliphatic rings. The number of likely N-dealkylation sites (tertiary alicyclic amines) is 1. The van der Waals surface area contributed by atoms with Gasteiger partial charge in [0, 0.05) is 29.1 Å². The molecule has 0 aliphatic carbocycles. The van der Waals surface area contributed by atoms with E-state index in [1.165, 1.54) is 17.4 Å². The zero-order valence-electron chi connectivity index (χ0n) is 11.8. The van der Waals surface area contributed by atoms with Crippen LogP contribution in [-0.4, -0.2) is 29.5 Å². The molecule has 0 bridgehead atoms. The van der Waals surface area contributed by atoms with Gasteiger partial charge in [-0.15, -0.1) is 0 Å². The predicted octanol–water partition coefficient (Wildman–Crippen LogP) is 3.17. The van der Waals surface area contributed by atoms with E-state index in [2.05, 4.69) is 50.9 Å². The quantitative estimate of drug-likeness (QED) is 0.937. The van der Waals surface area contributed by atoms with Gasteiger partial charge in [0.2, 0.25) is 0 Å². The molecule has 0 spiro atoms. The Kier molecular flexibility index (Phi) is 3.80. The summed E-state index contributed by atoms with van der Waals surface area (Å²) < 4.78 is 1.12. The van der Waals surface area contributed by atoms with Crippen molar-refractivity contribution in [3.05, 3.63) is 40.5 Å². The molecule has 3 nitrogen and oxygen atoms in total. The third-order valence-electron chi connectivity index (χ3n) is 4.27. The number of pyridine rings is 1. The van der Waals surface area contributed by atoms with E-state index in [0.29, 0.717) is 0 Å². The molecule has 0 radical (unpaired) electrons. The Labute approximate surface area is 128 Å². The summed E-state index contributed by atoms with van der Waals surface area (Å²) in [6.45, 7) is 6.19. The van der Waals surface area contributed by atoms with Crippen LogP contribution in [0, 0.1) is 5.41 Å². The highest BCUT2D eigenvalue weighted by atomic mass is 79.9. The summed E-state index contributed by atoms with van der Waals surface area (Å²) in [6.07, 6.45) is 3.05. The number of aromatic nitrogens is 1. The lowest BCUT2D eigenvalue weighted by molar-refractivity contribution is 0.275. The van der Waals surface area contributed by atoms with E-state index in [-0.39, 0.29) is 5.41 Å². The molecule has 2 aromatic rings. The third-order valence-corrected chi connectivity index (χ3v) is 4.73. The first-order chi connectivity index (χ1) is 9.59. The van der Waals surface area contributed by atoms with Crippen molar-refractivity contribution in [2.24, 2.45) is 11.1 Å². The average Bonchev–Trinajstić information content (AvgIpc) is 2.81. The van der Waals surface area contributed by atoms with Gasteiger partial charge >= 0.3 is 0 Å². The van der Waals surface area contributed by atoms with Crippen LogP contribution in [0.1, 0.15) is 18.9 Å². The number of fused-ring (bicyclic) bond motifs is 1. The zero-order valence-corrected chi connectivity index (χ0v) is 13.4. The van der Waals surface area contributed by atoms with Crippen molar-refractivity contribution in [1.29, 1.82) is 0 Å². The molecule has 0 amide bonds. The molecule has 1 saturated heterocycles. The summed E-state index contributed by atoms with van der Waals surface area (Å²) in [6, 6.07) is 8.41. The van der Waals surface area contributed by atoms with Crippen molar-refractivity contribution in [2.75, 3.05) is 19.6 Å². The predicted molar refractivity (Wildman–Crippen MR) is 86.5 cm³/mol. The summed E-state index contributed by atoms with van der Waals surface area (Å²) in [5.41, 5.74) is 8.56. The molecule has 1 fully saturated rings. The van der Waals surface area contributed by atoms with Crippen LogP contribution in [0.25, 0.3) is 10.9 Å². The molecule has 20 heavy (non-hydrogen) atoms. The third kappa shape index (κ3) is 2.73. The zero-order chi connectivity index (χ0) is 14.2. The van der Waals surface area contributed by atoms with Crippen LogP contribution in [0.2, 0.25) is 0 Å². The first kappa shape index (κ1) is 14.0. The van der Waals surface area contributed by atoms with Crippen molar-refractivity contribution in [2.45, 2.75) is 19.9 Å². The van der Waals surface area contributed by atoms with Crippen LogP contribution in [0.3, 0.4) is 0 Å². The molecule has 106 valence electrons. The Morgan fingerprint density at radius 3 is 3.05 bits per heavy atom. The minimum absolute atomic E-state index is 0.273. The monoisotopic (exact) mass is 333 g/mol. The van der Waals surface area contributed by atoms with E-state index in [0.717, 1.165) is 36.2 Å². The standard InChI is InChI=1S/C16H20BrN3/c1-16(10-18)4-6-20(11-16)9-13-8-14(17)7-12-3-2-5-19-15(12)13/h2-3,5,7-8H,4,6,9-11,18H2,1H3. The highest BCUT2D eigenvalue weighted by Crippen LogP contribution is 2.31. The van der Waals surface area contributed by atoms with E-state index in [9.17, 15) is 0 Å². The highest BCUT2D eigenvalue weighted by Gasteiger charge is 2.32. The number of hydrogen-bond donors (Lipinski definition) is 1. The summed E-state index contributed by atoms with van der Waals surface area (Å²) in [4.78, 5) is 7.04. The molecule has 4 heteroatoms. The van der Waals surface area contributed by atoms with Gasteiger partial charge in [0.15, 0.2) is 0 Å². The fourth-order valence-corrected chi connectivity index (χ4v) is 3.54. The van der Waals surface area contributed by atoms with Gasteiger partial charge in [-0.1, -0.05) is 28.9 Å². The lowest BCUT2D eigenvalue weighted by Crippen LogP contribution is -2.31. The van der Waals surface area contributed by atoms with Crippen molar-refractivity contribution in [1.82, 2.24) is 9.88 Å². The molecule has 2 heterocycles. The summed E-state index contributed by atoms with van der Waals surface area (Å²) in [7, 11) is 0. The van der Waals surface area contributed by atoms with Crippen LogP contribution in [0.15, 0.2) is 34.9 Å². The van der Waals surface area contributed by atoms with Crippen molar-refractivity contribution < 1.29 is 0 Å². The number of halogens is 1. The second-order valence-electron chi connectivity index (χ2n) is 6.12. The minimum Gasteiger partial charge on any atom is -0.330 e. The van der Waals surface area contributed by atoms with E-state index in [1.807, 2.05) is 12.3 Å². The lowest BCUT2D eigenvalue weighted by Gasteiger charge is -2.23. The molecule has 1 aromatic heterocycles. The Morgan fingerprint density at radius 1 is 1.45 bits per heavy atom. The summed E-state index contributed by atoms with van der Waals surface area (Å²) >= 11 is 3.60. The molecular weight excluding hydrogens is 314 g/mol. The van der Waals surface area contributed by atoms with E-state index >= 15 is 0 Å². The van der Waals surface area contributed by atoms with Gasteiger partial charge in [-0.25, -0.2) is 0 Å². The molecule has 1 aromatic carbocycles. The minimum atomic E-state index is 0.273. The smallest absolute Gasteiger partial charge is 0.0747 e. The van der Waals surface area contributed by atoms with Crippen LogP contribution >= 0.6 is 15.9 Å². The van der Waals surface area contributed by atoms with Crippen LogP contribution in [-0.2, 0) is 6.54 Å². The Morgan fingerprint density at radius 2 is 2.30 bits per heavy atom. The van der Waals surface area contributed by atoms with Gasteiger partial charge in [0.05, 0.1) is 5.52 Å². The second kappa shape index (κ2) is 5.43. The normalized spacial score (nSPS) is 23.6. The Hall–Kier alpha value is -0.970. The summed E-state index contributed by atoms with van der Waals surface area (Å²) in [5, 5.41) is 1.19. The van der Waals surface area contributed by atoms with Crippen LogP contribution < -0.4 is 5.73 Å². The SMILES string of the molecule is CC1(CN)CCN(Cc2cc(Br)cc3cccnc23)C1. The Balaban J connectivity index is 1.88. The van der Waals surface area contributed by atoms with E-state index in [1.54, 1.807) is 0 Å². The maximum atomic E-state index is 5.89. The topological polar surface area (TPSA) is 42.1 Å². The maximum absolute atomic E-state index is 5.89. The van der Waals surface area contributed by atoms with Gasteiger partial charge in [0.25, 0.3) is 0 Å². The van der Waals surface area contributed by atoms with E-state index < -0.39 is 0 Å². The molecule has 1 unspecified atom stereocenters. The highest BCUT2D eigenvalue weighted by molar-refractivity contribution is 9.10. The molecule has 3 rings (SSSR count). The maximum Gasteiger partial charge on any atom is 0.0747 e. The van der Waals surface area contributed by atoms with Crippen LogP contribution in [0.5, 0.6) is 0 Å². The second-order valence-corrected chi connectivity index (χ2v) is 7.03. The molecule has 0 saturated carbocycles. The van der Waals surface area contributed by atoms with Crippen molar-refractivity contribution >= 4 is 26.8 Å². The van der Waals surface area contributed by atoms with Gasteiger partial charge < -0.3 is 5.73 Å². The fraction of sp³-hybridized carbons (Fsp3) is 0.438. The molecule has 1 aliphatic heterocycles. The van der Waals surface area contributed by atoms with Gasteiger partial charge in [-0.2, -0.15) is 0 Å². The van der Waals surface area contributed by atoms with Crippen molar-refractivity contribution in [3.8, 4) is 0 Å².